The van der Waals surface area contributed by atoms with Crippen LogP contribution in [0.2, 0.25) is 5.02 Å². The molecular formula is C26H36ClN3O3. The molecule has 0 atom stereocenters. The highest BCUT2D eigenvalue weighted by Gasteiger charge is 2.29. The van der Waals surface area contributed by atoms with Crippen molar-refractivity contribution in [2.45, 2.75) is 58.5 Å². The van der Waals surface area contributed by atoms with E-state index in [9.17, 15) is 9.59 Å². The maximum Gasteiger partial charge on any atom is 0.261 e. The van der Waals surface area contributed by atoms with E-state index in [-0.39, 0.29) is 31.0 Å². The normalized spacial score (nSPS) is 14.3. The summed E-state index contributed by atoms with van der Waals surface area (Å²) >= 11 is 5.94. The lowest BCUT2D eigenvalue weighted by molar-refractivity contribution is -0.145. The number of aromatic nitrogens is 1. The molecule has 0 N–H and O–H groups in total. The largest absolute Gasteiger partial charge is 0.484 e. The van der Waals surface area contributed by atoms with Crippen LogP contribution >= 0.6 is 11.6 Å². The van der Waals surface area contributed by atoms with Crippen molar-refractivity contribution in [1.82, 2.24) is 14.4 Å². The van der Waals surface area contributed by atoms with Gasteiger partial charge in [-0.2, -0.15) is 0 Å². The van der Waals surface area contributed by atoms with Crippen LogP contribution in [0.15, 0.2) is 42.6 Å². The molecule has 180 valence electrons. The minimum Gasteiger partial charge on any atom is -0.484 e. The molecule has 2 aromatic rings. The Balaban J connectivity index is 1.71. The number of carbonyl (C=O) groups excluding carboxylic acids is 2. The number of rotatable bonds is 10. The average molecular weight is 474 g/mol. The summed E-state index contributed by atoms with van der Waals surface area (Å²) in [6, 6.07) is 11.1. The fraction of sp³-hybridized carbons (Fsp3) is 0.538. The number of aryl methyl sites for hydroxylation is 1. The first-order chi connectivity index (χ1) is 15.8. The number of ether oxygens (including phenoxy) is 1. The molecule has 33 heavy (non-hydrogen) atoms. The molecule has 7 heteroatoms. The van der Waals surface area contributed by atoms with Gasteiger partial charge in [0.2, 0.25) is 5.91 Å². The van der Waals surface area contributed by atoms with Crippen molar-refractivity contribution in [1.29, 1.82) is 0 Å². The molecule has 0 aliphatic heterocycles. The van der Waals surface area contributed by atoms with Crippen molar-refractivity contribution in [3.8, 4) is 5.75 Å². The molecule has 1 heterocycles. The second kappa shape index (κ2) is 12.1. The second-order valence-corrected chi connectivity index (χ2v) is 9.77. The first-order valence-electron chi connectivity index (χ1n) is 11.9. The smallest absolute Gasteiger partial charge is 0.261 e. The van der Waals surface area contributed by atoms with Crippen LogP contribution in [0.5, 0.6) is 5.75 Å². The lowest BCUT2D eigenvalue weighted by Crippen LogP contribution is -2.50. The van der Waals surface area contributed by atoms with Gasteiger partial charge in [0.15, 0.2) is 6.61 Å². The van der Waals surface area contributed by atoms with Crippen LogP contribution in [0.3, 0.4) is 0 Å². The first-order valence-corrected chi connectivity index (χ1v) is 12.3. The average Bonchev–Trinajstić information content (AvgIpc) is 3.20. The van der Waals surface area contributed by atoms with E-state index >= 15 is 0 Å². The molecule has 1 aromatic heterocycles. The molecule has 0 radical (unpaired) electrons. The molecule has 1 aliphatic rings. The summed E-state index contributed by atoms with van der Waals surface area (Å²) < 4.78 is 7.76. The first kappa shape index (κ1) is 25.2. The van der Waals surface area contributed by atoms with E-state index in [4.69, 9.17) is 16.3 Å². The molecule has 0 bridgehead atoms. The molecule has 3 rings (SSSR count). The summed E-state index contributed by atoms with van der Waals surface area (Å²) in [6.07, 6.45) is 7.20. The lowest BCUT2D eigenvalue weighted by Gasteiger charge is -2.35. The van der Waals surface area contributed by atoms with Gasteiger partial charge in [0.1, 0.15) is 12.3 Å². The summed E-state index contributed by atoms with van der Waals surface area (Å²) in [5.41, 5.74) is 1.07. The third-order valence-corrected chi connectivity index (χ3v) is 6.41. The van der Waals surface area contributed by atoms with Crippen LogP contribution in [0.25, 0.3) is 0 Å². The van der Waals surface area contributed by atoms with Gasteiger partial charge in [-0.15, -0.1) is 0 Å². The van der Waals surface area contributed by atoms with E-state index < -0.39 is 0 Å². The molecule has 0 saturated heterocycles. The molecule has 2 amide bonds. The molecule has 6 nitrogen and oxygen atoms in total. The van der Waals surface area contributed by atoms with Crippen LogP contribution in [0.4, 0.5) is 0 Å². The minimum atomic E-state index is -0.145. The zero-order valence-electron chi connectivity index (χ0n) is 20.0. The molecular weight excluding hydrogens is 438 g/mol. The maximum absolute atomic E-state index is 13.5. The van der Waals surface area contributed by atoms with E-state index in [1.54, 1.807) is 29.2 Å². The summed E-state index contributed by atoms with van der Waals surface area (Å²) in [6.45, 7) is 5.40. The Kier molecular flexibility index (Phi) is 9.24. The predicted octanol–water partition coefficient (Wildman–Crippen LogP) is 4.90. The molecule has 0 spiro atoms. The van der Waals surface area contributed by atoms with E-state index in [0.29, 0.717) is 29.8 Å². The minimum absolute atomic E-state index is 0.0182. The Labute approximate surface area is 202 Å². The Morgan fingerprint density at radius 3 is 2.39 bits per heavy atom. The molecule has 1 aromatic carbocycles. The third-order valence-electron chi connectivity index (χ3n) is 6.16. The van der Waals surface area contributed by atoms with Crippen LogP contribution in [0.1, 0.15) is 51.6 Å². The molecule has 1 aliphatic carbocycles. The van der Waals surface area contributed by atoms with Gasteiger partial charge in [-0.1, -0.05) is 44.7 Å². The Morgan fingerprint density at radius 2 is 1.79 bits per heavy atom. The van der Waals surface area contributed by atoms with E-state index in [0.717, 1.165) is 31.4 Å². The molecule has 1 saturated carbocycles. The number of nitrogens with zero attached hydrogens (tertiary/aromatic N) is 3. The fourth-order valence-electron chi connectivity index (χ4n) is 4.37. The van der Waals surface area contributed by atoms with Gasteiger partial charge in [0, 0.05) is 36.5 Å². The number of hydrogen-bond acceptors (Lipinski definition) is 3. The number of benzene rings is 1. The van der Waals surface area contributed by atoms with Crippen molar-refractivity contribution < 1.29 is 14.3 Å². The third kappa shape index (κ3) is 7.53. The van der Waals surface area contributed by atoms with Crippen molar-refractivity contribution in [2.75, 3.05) is 19.7 Å². The van der Waals surface area contributed by atoms with Crippen LogP contribution in [-0.4, -0.2) is 51.9 Å². The van der Waals surface area contributed by atoms with Crippen LogP contribution in [0, 0.1) is 5.92 Å². The molecule has 1 fully saturated rings. The van der Waals surface area contributed by atoms with Gasteiger partial charge < -0.3 is 19.1 Å². The van der Waals surface area contributed by atoms with Gasteiger partial charge >= 0.3 is 0 Å². The van der Waals surface area contributed by atoms with Crippen molar-refractivity contribution >= 4 is 23.4 Å². The van der Waals surface area contributed by atoms with Gasteiger partial charge in [-0.05, 0) is 55.2 Å². The summed E-state index contributed by atoms with van der Waals surface area (Å²) in [5, 5.41) is 0.617. The standard InChI is InChI=1S/C26H36ClN3O3/c1-20(2)16-29(17-23-10-7-15-28(23)3)25(31)18-30(22-8-5-4-6-9-22)26(32)19-33-24-13-11-21(27)12-14-24/h7,10-15,20,22H,4-6,8-9,16-19H2,1-3H3. The van der Waals surface area contributed by atoms with E-state index in [1.165, 1.54) is 6.42 Å². The van der Waals surface area contributed by atoms with Gasteiger partial charge in [-0.25, -0.2) is 0 Å². The Hall–Kier alpha value is -2.47. The number of carbonyl (C=O) groups is 2. The highest BCUT2D eigenvalue weighted by Crippen LogP contribution is 2.24. The van der Waals surface area contributed by atoms with Crippen molar-refractivity contribution in [2.24, 2.45) is 13.0 Å². The quantitative estimate of drug-likeness (QED) is 0.493. The monoisotopic (exact) mass is 473 g/mol. The maximum atomic E-state index is 13.5. The lowest BCUT2D eigenvalue weighted by atomic mass is 9.94. The second-order valence-electron chi connectivity index (χ2n) is 9.33. The van der Waals surface area contributed by atoms with Crippen molar-refractivity contribution in [3.63, 3.8) is 0 Å². The number of hydrogen-bond donors (Lipinski definition) is 0. The van der Waals surface area contributed by atoms with Gasteiger partial charge in [0.05, 0.1) is 6.54 Å². The van der Waals surface area contributed by atoms with E-state index in [1.807, 2.05) is 34.8 Å². The SMILES string of the molecule is CC(C)CN(Cc1cccn1C)C(=O)CN(C(=O)COc1ccc(Cl)cc1)C1CCCCC1. The van der Waals surface area contributed by atoms with Crippen LogP contribution in [-0.2, 0) is 23.2 Å². The zero-order chi connectivity index (χ0) is 23.8. The highest BCUT2D eigenvalue weighted by molar-refractivity contribution is 6.30. The summed E-state index contributed by atoms with van der Waals surface area (Å²) in [4.78, 5) is 30.3. The zero-order valence-corrected chi connectivity index (χ0v) is 20.8. The predicted molar refractivity (Wildman–Crippen MR) is 131 cm³/mol. The van der Waals surface area contributed by atoms with Gasteiger partial charge in [-0.3, -0.25) is 9.59 Å². The molecule has 0 unspecified atom stereocenters. The fourth-order valence-corrected chi connectivity index (χ4v) is 4.50. The summed E-state index contributed by atoms with van der Waals surface area (Å²) in [5.74, 6) is 0.762. The van der Waals surface area contributed by atoms with Crippen LogP contribution < -0.4 is 4.74 Å². The van der Waals surface area contributed by atoms with Crippen molar-refractivity contribution in [3.05, 3.63) is 53.3 Å². The van der Waals surface area contributed by atoms with Gasteiger partial charge in [0.25, 0.3) is 5.91 Å². The topological polar surface area (TPSA) is 54.8 Å². The Bertz CT molecular complexity index is 904. The number of amides is 2. The Morgan fingerprint density at radius 1 is 1.09 bits per heavy atom. The number of halogens is 1. The highest BCUT2D eigenvalue weighted by atomic mass is 35.5. The van der Waals surface area contributed by atoms with E-state index in [2.05, 4.69) is 13.8 Å². The summed E-state index contributed by atoms with van der Waals surface area (Å²) in [7, 11) is 1.99.